The van der Waals surface area contributed by atoms with Crippen LogP contribution in [0.3, 0.4) is 0 Å². The maximum absolute atomic E-state index is 12.0. The topological polar surface area (TPSA) is 55.1 Å². The van der Waals surface area contributed by atoms with Gasteiger partial charge in [0.05, 0.1) is 0 Å². The minimum Gasteiger partial charge on any atom is -0.399 e. The summed E-state index contributed by atoms with van der Waals surface area (Å²) in [7, 11) is 0. The molecule has 0 atom stereocenters. The average Bonchev–Trinajstić information content (AvgIpc) is 3.15. The molecule has 0 aliphatic heterocycles. The molecule has 0 radical (unpaired) electrons. The van der Waals surface area contributed by atoms with Gasteiger partial charge in [-0.3, -0.25) is 4.79 Å². The Morgan fingerprint density at radius 3 is 2.67 bits per heavy atom. The fourth-order valence-corrected chi connectivity index (χ4v) is 2.93. The molecule has 2 saturated carbocycles. The number of benzene rings is 1. The van der Waals surface area contributed by atoms with E-state index >= 15 is 0 Å². The Bertz CT molecular complexity index is 472. The highest BCUT2D eigenvalue weighted by atomic mass is 35.5. The van der Waals surface area contributed by atoms with Crippen LogP contribution in [0.25, 0.3) is 0 Å². The van der Waals surface area contributed by atoms with Gasteiger partial charge in [-0.05, 0) is 55.2 Å². The van der Waals surface area contributed by atoms with Crippen molar-refractivity contribution < 1.29 is 4.79 Å². The summed E-state index contributed by atoms with van der Waals surface area (Å²) in [5.74, 6) is 0.776. The van der Waals surface area contributed by atoms with Crippen LogP contribution >= 0.6 is 11.6 Å². The molecule has 3 rings (SSSR count). The Morgan fingerprint density at radius 2 is 2.11 bits per heavy atom. The van der Waals surface area contributed by atoms with E-state index in [4.69, 9.17) is 17.3 Å². The van der Waals surface area contributed by atoms with E-state index < -0.39 is 0 Å². The molecule has 18 heavy (non-hydrogen) atoms. The molecule has 2 aliphatic carbocycles. The fourth-order valence-electron chi connectivity index (χ4n) is 2.69. The van der Waals surface area contributed by atoms with E-state index in [9.17, 15) is 4.79 Å². The molecule has 0 unspecified atom stereocenters. The Morgan fingerprint density at radius 1 is 1.39 bits per heavy atom. The van der Waals surface area contributed by atoms with E-state index in [-0.39, 0.29) is 5.91 Å². The Labute approximate surface area is 112 Å². The molecule has 0 aromatic heterocycles. The minimum atomic E-state index is -0.0730. The first-order valence-corrected chi connectivity index (χ1v) is 6.81. The molecular formula is C14H17ClN2O. The Hall–Kier alpha value is -1.22. The third-order valence-electron chi connectivity index (χ3n) is 4.12. The van der Waals surface area contributed by atoms with Crippen LogP contribution in [0.2, 0.25) is 5.02 Å². The monoisotopic (exact) mass is 264 g/mol. The number of hydrogen-bond acceptors (Lipinski definition) is 2. The first-order valence-electron chi connectivity index (χ1n) is 6.43. The second-order valence-electron chi connectivity index (χ2n) is 5.59. The number of rotatable bonds is 4. The van der Waals surface area contributed by atoms with Crippen LogP contribution in [0.1, 0.15) is 36.0 Å². The lowest BCUT2D eigenvalue weighted by molar-refractivity contribution is 0.0942. The van der Waals surface area contributed by atoms with Crippen LogP contribution in [0.4, 0.5) is 5.69 Å². The van der Waals surface area contributed by atoms with Crippen molar-refractivity contribution in [1.29, 1.82) is 0 Å². The fraction of sp³-hybridized carbons (Fsp3) is 0.500. The number of nitrogen functional groups attached to an aromatic ring is 1. The van der Waals surface area contributed by atoms with Crippen molar-refractivity contribution >= 4 is 23.2 Å². The number of carbonyl (C=O) groups is 1. The maximum atomic E-state index is 12.0. The molecule has 3 nitrogen and oxygen atoms in total. The van der Waals surface area contributed by atoms with Crippen molar-refractivity contribution in [3.05, 3.63) is 28.8 Å². The summed E-state index contributed by atoms with van der Waals surface area (Å²) in [5, 5.41) is 3.53. The molecule has 0 spiro atoms. The standard InChI is InChI=1S/C14H17ClN2O/c15-11-5-9(6-12(16)7-11)13(18)17-8-14(3-4-14)10-1-2-10/h5-7,10H,1-4,8,16H2,(H,17,18). The number of amides is 1. The summed E-state index contributed by atoms with van der Waals surface area (Å²) >= 11 is 5.90. The molecule has 1 amide bonds. The van der Waals surface area contributed by atoms with Gasteiger partial charge in [0, 0.05) is 22.8 Å². The first-order chi connectivity index (χ1) is 8.59. The first kappa shape index (κ1) is 11.8. The van der Waals surface area contributed by atoms with E-state index in [1.807, 2.05) is 0 Å². The lowest BCUT2D eigenvalue weighted by Crippen LogP contribution is -2.31. The molecule has 0 bridgehead atoms. The highest BCUT2D eigenvalue weighted by molar-refractivity contribution is 6.31. The number of nitrogens with two attached hydrogens (primary N) is 1. The van der Waals surface area contributed by atoms with E-state index in [1.165, 1.54) is 25.7 Å². The predicted octanol–water partition coefficient (Wildman–Crippen LogP) is 2.84. The molecule has 0 saturated heterocycles. The van der Waals surface area contributed by atoms with E-state index in [0.717, 1.165) is 12.5 Å². The Balaban J connectivity index is 1.64. The molecule has 0 heterocycles. The number of anilines is 1. The summed E-state index contributed by atoms with van der Waals surface area (Å²) in [4.78, 5) is 12.0. The third-order valence-corrected chi connectivity index (χ3v) is 4.34. The lowest BCUT2D eigenvalue weighted by Gasteiger charge is -2.15. The van der Waals surface area contributed by atoms with Gasteiger partial charge in [0.15, 0.2) is 0 Å². The average molecular weight is 265 g/mol. The number of nitrogens with one attached hydrogen (secondary N) is 1. The molecule has 96 valence electrons. The molecule has 2 aliphatic rings. The zero-order valence-corrected chi connectivity index (χ0v) is 11.0. The van der Waals surface area contributed by atoms with Gasteiger partial charge in [-0.1, -0.05) is 11.6 Å². The highest BCUT2D eigenvalue weighted by Gasteiger charge is 2.53. The van der Waals surface area contributed by atoms with Gasteiger partial charge < -0.3 is 11.1 Å². The van der Waals surface area contributed by atoms with Gasteiger partial charge >= 0.3 is 0 Å². The number of hydrogen-bond donors (Lipinski definition) is 2. The van der Waals surface area contributed by atoms with Crippen molar-refractivity contribution in [3.8, 4) is 0 Å². The SMILES string of the molecule is Nc1cc(Cl)cc(C(=O)NCC2(C3CC3)CC2)c1. The lowest BCUT2D eigenvalue weighted by atomic mass is 10.0. The summed E-state index contributed by atoms with van der Waals surface area (Å²) in [5.41, 5.74) is 7.17. The zero-order chi connectivity index (χ0) is 12.8. The summed E-state index contributed by atoms with van der Waals surface area (Å²) < 4.78 is 0. The third kappa shape index (κ3) is 2.32. The second kappa shape index (κ2) is 4.16. The van der Waals surface area contributed by atoms with Crippen LogP contribution in [-0.2, 0) is 0 Å². The van der Waals surface area contributed by atoms with Crippen molar-refractivity contribution in [1.82, 2.24) is 5.32 Å². The molecular weight excluding hydrogens is 248 g/mol. The van der Waals surface area contributed by atoms with Crippen molar-refractivity contribution in [2.75, 3.05) is 12.3 Å². The van der Waals surface area contributed by atoms with Gasteiger partial charge in [-0.15, -0.1) is 0 Å². The van der Waals surface area contributed by atoms with Crippen LogP contribution in [0.5, 0.6) is 0 Å². The quantitative estimate of drug-likeness (QED) is 0.822. The van der Waals surface area contributed by atoms with Gasteiger partial charge in [-0.25, -0.2) is 0 Å². The number of halogens is 1. The predicted molar refractivity (Wildman–Crippen MR) is 72.6 cm³/mol. The largest absolute Gasteiger partial charge is 0.399 e. The van der Waals surface area contributed by atoms with E-state index in [1.54, 1.807) is 18.2 Å². The molecule has 2 fully saturated rings. The maximum Gasteiger partial charge on any atom is 0.251 e. The minimum absolute atomic E-state index is 0.0730. The van der Waals surface area contributed by atoms with E-state index in [0.29, 0.717) is 21.7 Å². The smallest absolute Gasteiger partial charge is 0.251 e. The van der Waals surface area contributed by atoms with Crippen molar-refractivity contribution in [3.63, 3.8) is 0 Å². The molecule has 1 aromatic rings. The summed E-state index contributed by atoms with van der Waals surface area (Å²) in [6, 6.07) is 4.97. The van der Waals surface area contributed by atoms with Gasteiger partial charge in [0.25, 0.3) is 5.91 Å². The van der Waals surface area contributed by atoms with Crippen molar-refractivity contribution in [2.24, 2.45) is 11.3 Å². The van der Waals surface area contributed by atoms with Crippen LogP contribution in [0.15, 0.2) is 18.2 Å². The van der Waals surface area contributed by atoms with Gasteiger partial charge in [0.2, 0.25) is 0 Å². The number of carbonyl (C=O) groups excluding carboxylic acids is 1. The van der Waals surface area contributed by atoms with Gasteiger partial charge in [0.1, 0.15) is 0 Å². The molecule has 4 heteroatoms. The zero-order valence-electron chi connectivity index (χ0n) is 10.2. The van der Waals surface area contributed by atoms with E-state index in [2.05, 4.69) is 5.32 Å². The Kier molecular flexibility index (Phi) is 2.74. The normalized spacial score (nSPS) is 20.5. The van der Waals surface area contributed by atoms with Crippen molar-refractivity contribution in [2.45, 2.75) is 25.7 Å². The summed E-state index contributed by atoms with van der Waals surface area (Å²) in [6.07, 6.45) is 5.19. The van der Waals surface area contributed by atoms with Gasteiger partial charge in [-0.2, -0.15) is 0 Å². The molecule has 3 N–H and O–H groups in total. The summed E-state index contributed by atoms with van der Waals surface area (Å²) in [6.45, 7) is 0.795. The van der Waals surface area contributed by atoms with Crippen LogP contribution in [-0.4, -0.2) is 12.5 Å². The second-order valence-corrected chi connectivity index (χ2v) is 6.03. The highest BCUT2D eigenvalue weighted by Crippen LogP contribution is 2.60. The van der Waals surface area contributed by atoms with Crippen LogP contribution < -0.4 is 11.1 Å². The molecule has 1 aromatic carbocycles. The van der Waals surface area contributed by atoms with Crippen LogP contribution in [0, 0.1) is 11.3 Å².